The van der Waals surface area contributed by atoms with Gasteiger partial charge in [-0.2, -0.15) is 11.8 Å². The number of hydrogen-bond donors (Lipinski definition) is 3. The summed E-state index contributed by atoms with van der Waals surface area (Å²) in [5.41, 5.74) is 2.30. The third kappa shape index (κ3) is 4.42. The number of hydrogen-bond acceptors (Lipinski definition) is 3. The Bertz CT molecular complexity index is 555. The minimum atomic E-state index is -0.619. The van der Waals surface area contributed by atoms with Crippen LogP contribution in [-0.2, 0) is 12.8 Å². The first kappa shape index (κ1) is 16.7. The molecule has 1 aromatic carbocycles. The Labute approximate surface area is 143 Å². The first-order valence-electron chi connectivity index (χ1n) is 8.60. The number of thioether (sulfide) groups is 1. The lowest BCUT2D eigenvalue weighted by Crippen LogP contribution is -2.46. The van der Waals surface area contributed by atoms with Gasteiger partial charge in [-0.05, 0) is 49.5 Å². The van der Waals surface area contributed by atoms with Crippen LogP contribution >= 0.6 is 11.8 Å². The van der Waals surface area contributed by atoms with Crippen LogP contribution in [0.3, 0.4) is 0 Å². The summed E-state index contributed by atoms with van der Waals surface area (Å²) in [5.74, 6) is 2.67. The number of aryl methyl sites for hydroxylation is 1. The number of rotatable bonds is 4. The topological polar surface area (TPSA) is 56.7 Å². The Hall–Kier alpha value is -1.20. The first-order valence-corrected chi connectivity index (χ1v) is 9.76. The first-order chi connectivity index (χ1) is 11.2. The van der Waals surface area contributed by atoms with E-state index in [0.717, 1.165) is 49.7 Å². The van der Waals surface area contributed by atoms with E-state index in [1.807, 2.05) is 11.8 Å². The van der Waals surface area contributed by atoms with Crippen molar-refractivity contribution in [3.63, 3.8) is 0 Å². The smallest absolute Gasteiger partial charge is 0.191 e. The molecule has 0 bridgehead atoms. The molecule has 1 aromatic rings. The van der Waals surface area contributed by atoms with E-state index in [4.69, 9.17) is 0 Å². The predicted molar refractivity (Wildman–Crippen MR) is 98.3 cm³/mol. The van der Waals surface area contributed by atoms with Crippen molar-refractivity contribution in [3.8, 4) is 0 Å². The van der Waals surface area contributed by atoms with Gasteiger partial charge in [0.1, 0.15) is 0 Å². The van der Waals surface area contributed by atoms with Crippen LogP contribution in [-0.4, -0.2) is 47.3 Å². The van der Waals surface area contributed by atoms with E-state index in [9.17, 15) is 5.11 Å². The van der Waals surface area contributed by atoms with Crippen LogP contribution in [0.5, 0.6) is 0 Å². The van der Waals surface area contributed by atoms with Crippen molar-refractivity contribution in [2.75, 3.05) is 24.6 Å². The second-order valence-corrected chi connectivity index (χ2v) is 7.68. The summed E-state index contributed by atoms with van der Waals surface area (Å²) in [6.07, 6.45) is 4.13. The molecule has 1 heterocycles. The standard InChI is InChI=1S/C18H27N3OS/c1-2-19-17(20-12-18(22)9-10-23-13-18)21-16-8-7-14-5-3-4-6-15(14)11-16/h3-6,16,22H,2,7-13H2,1H3,(H2,19,20,21). The van der Waals surface area contributed by atoms with E-state index in [0.29, 0.717) is 12.6 Å². The maximum absolute atomic E-state index is 10.5. The highest BCUT2D eigenvalue weighted by atomic mass is 32.2. The molecule has 1 aliphatic heterocycles. The van der Waals surface area contributed by atoms with E-state index in [2.05, 4.69) is 46.8 Å². The molecule has 23 heavy (non-hydrogen) atoms. The molecule has 0 spiro atoms. The fourth-order valence-corrected chi connectivity index (χ4v) is 4.57. The molecule has 3 N–H and O–H groups in total. The second kappa shape index (κ2) is 7.58. The van der Waals surface area contributed by atoms with Crippen molar-refractivity contribution >= 4 is 17.7 Å². The number of fused-ring (bicyclic) bond motifs is 1. The summed E-state index contributed by atoms with van der Waals surface area (Å²) < 4.78 is 0. The van der Waals surface area contributed by atoms with E-state index < -0.39 is 5.60 Å². The predicted octanol–water partition coefficient (Wildman–Crippen LogP) is 1.97. The highest BCUT2D eigenvalue weighted by Crippen LogP contribution is 2.28. The number of benzene rings is 1. The Morgan fingerprint density at radius 2 is 2.22 bits per heavy atom. The normalized spacial score (nSPS) is 27.6. The second-order valence-electron chi connectivity index (χ2n) is 6.57. The average molecular weight is 334 g/mol. The summed E-state index contributed by atoms with van der Waals surface area (Å²) in [7, 11) is 0. The van der Waals surface area contributed by atoms with Gasteiger partial charge in [0.05, 0.1) is 12.1 Å². The average Bonchev–Trinajstić information content (AvgIpc) is 3.00. The van der Waals surface area contributed by atoms with Crippen LogP contribution in [0.4, 0.5) is 0 Å². The van der Waals surface area contributed by atoms with Gasteiger partial charge >= 0.3 is 0 Å². The van der Waals surface area contributed by atoms with Gasteiger partial charge < -0.3 is 15.7 Å². The zero-order chi connectivity index (χ0) is 16.1. The van der Waals surface area contributed by atoms with Crippen LogP contribution in [0.2, 0.25) is 0 Å². The van der Waals surface area contributed by atoms with Crippen LogP contribution in [0.25, 0.3) is 0 Å². The van der Waals surface area contributed by atoms with Gasteiger partial charge in [0.2, 0.25) is 0 Å². The Balaban J connectivity index is 1.61. The monoisotopic (exact) mass is 333 g/mol. The molecule has 2 aliphatic rings. The maximum atomic E-state index is 10.5. The summed E-state index contributed by atoms with van der Waals surface area (Å²) in [6, 6.07) is 9.12. The van der Waals surface area contributed by atoms with Gasteiger partial charge in [-0.15, -0.1) is 0 Å². The maximum Gasteiger partial charge on any atom is 0.191 e. The molecule has 0 amide bonds. The van der Waals surface area contributed by atoms with Crippen molar-refractivity contribution in [3.05, 3.63) is 35.4 Å². The molecule has 4 nitrogen and oxygen atoms in total. The van der Waals surface area contributed by atoms with E-state index in [1.54, 1.807) is 0 Å². The van der Waals surface area contributed by atoms with Gasteiger partial charge in [0.15, 0.2) is 5.96 Å². The molecular weight excluding hydrogens is 306 g/mol. The van der Waals surface area contributed by atoms with Gasteiger partial charge in [-0.3, -0.25) is 4.99 Å². The van der Waals surface area contributed by atoms with Crippen molar-refractivity contribution < 1.29 is 5.11 Å². The molecule has 0 aromatic heterocycles. The molecule has 2 atom stereocenters. The zero-order valence-electron chi connectivity index (χ0n) is 13.8. The molecule has 1 saturated heterocycles. The molecule has 0 radical (unpaired) electrons. The lowest BCUT2D eigenvalue weighted by Gasteiger charge is -2.27. The third-order valence-electron chi connectivity index (χ3n) is 4.65. The summed E-state index contributed by atoms with van der Waals surface area (Å²) in [5, 5.41) is 17.3. The number of nitrogens with zero attached hydrogens (tertiary/aromatic N) is 1. The molecule has 2 unspecified atom stereocenters. The van der Waals surface area contributed by atoms with Crippen molar-refractivity contribution in [2.45, 2.75) is 44.2 Å². The largest absolute Gasteiger partial charge is 0.387 e. The number of guanidine groups is 1. The van der Waals surface area contributed by atoms with Crippen LogP contribution < -0.4 is 10.6 Å². The van der Waals surface area contributed by atoms with Crippen LogP contribution in [0.15, 0.2) is 29.3 Å². The highest BCUT2D eigenvalue weighted by molar-refractivity contribution is 7.99. The Kier molecular flexibility index (Phi) is 5.49. The van der Waals surface area contributed by atoms with E-state index >= 15 is 0 Å². The molecule has 5 heteroatoms. The summed E-state index contributed by atoms with van der Waals surface area (Å²) in [4.78, 5) is 4.65. The van der Waals surface area contributed by atoms with Gasteiger partial charge in [-0.1, -0.05) is 24.3 Å². The molecule has 0 saturated carbocycles. The lowest BCUT2D eigenvalue weighted by atomic mass is 9.88. The molecule has 3 rings (SSSR count). The SMILES string of the molecule is CCNC(=NCC1(O)CCSC1)NC1CCc2ccccc2C1. The third-order valence-corrected chi connectivity index (χ3v) is 5.88. The fraction of sp³-hybridized carbons (Fsp3) is 0.611. The van der Waals surface area contributed by atoms with E-state index in [-0.39, 0.29) is 0 Å². The molecule has 1 aliphatic carbocycles. The molecular formula is C18H27N3OS. The van der Waals surface area contributed by atoms with Gasteiger partial charge in [0.25, 0.3) is 0 Å². The van der Waals surface area contributed by atoms with Crippen molar-refractivity contribution in [2.24, 2.45) is 4.99 Å². The minimum absolute atomic E-state index is 0.412. The van der Waals surface area contributed by atoms with Gasteiger partial charge in [-0.25, -0.2) is 0 Å². The number of nitrogens with one attached hydrogen (secondary N) is 2. The van der Waals surface area contributed by atoms with Crippen molar-refractivity contribution in [1.29, 1.82) is 0 Å². The zero-order valence-corrected chi connectivity index (χ0v) is 14.7. The summed E-state index contributed by atoms with van der Waals surface area (Å²) >= 11 is 1.81. The minimum Gasteiger partial charge on any atom is -0.387 e. The quantitative estimate of drug-likeness (QED) is 0.582. The van der Waals surface area contributed by atoms with Crippen LogP contribution in [0, 0.1) is 0 Å². The Morgan fingerprint density at radius 3 is 2.96 bits per heavy atom. The van der Waals surface area contributed by atoms with Gasteiger partial charge in [0, 0.05) is 18.3 Å². The van der Waals surface area contributed by atoms with E-state index in [1.165, 1.54) is 11.1 Å². The molecule has 126 valence electrons. The molecule has 1 fully saturated rings. The Morgan fingerprint density at radius 1 is 1.39 bits per heavy atom. The number of aliphatic hydroxyl groups is 1. The van der Waals surface area contributed by atoms with Crippen LogP contribution in [0.1, 0.15) is 30.9 Å². The number of aliphatic imine (C=N–C) groups is 1. The summed E-state index contributed by atoms with van der Waals surface area (Å²) in [6.45, 7) is 3.40. The lowest BCUT2D eigenvalue weighted by molar-refractivity contribution is 0.0778. The highest BCUT2D eigenvalue weighted by Gasteiger charge is 2.31. The fourth-order valence-electron chi connectivity index (χ4n) is 3.28. The van der Waals surface area contributed by atoms with Crippen molar-refractivity contribution in [1.82, 2.24) is 10.6 Å².